The molecule has 0 bridgehead atoms. The molecule has 11 heavy (non-hydrogen) atoms. The summed E-state index contributed by atoms with van der Waals surface area (Å²) >= 11 is 0. The zero-order valence-electron chi connectivity index (χ0n) is 6.67. The molecule has 2 heterocycles. The van der Waals surface area contributed by atoms with Gasteiger partial charge in [-0.2, -0.15) is 0 Å². The number of allylic oxidation sites excluding steroid dienone is 2. The molecule has 0 saturated heterocycles. The van der Waals surface area contributed by atoms with Crippen molar-refractivity contribution in [2.45, 2.75) is 19.4 Å². The summed E-state index contributed by atoms with van der Waals surface area (Å²) in [4.78, 5) is 4.33. The minimum Gasteiger partial charge on any atom is -0.383 e. The Bertz CT molecular complexity index is 224. The van der Waals surface area contributed by atoms with E-state index in [1.165, 1.54) is 11.3 Å². The summed E-state index contributed by atoms with van der Waals surface area (Å²) in [6.07, 6.45) is 7.43. The second kappa shape index (κ2) is 2.53. The lowest BCUT2D eigenvalue weighted by atomic mass is 10.2. The van der Waals surface area contributed by atoms with Crippen LogP contribution in [0, 0.1) is 0 Å². The topological polar surface area (TPSA) is 24.4 Å². The molecule has 0 spiro atoms. The number of hydrogen-bond donors (Lipinski definition) is 1. The average Bonchev–Trinajstić information content (AvgIpc) is 2.38. The Labute approximate surface area is 66.7 Å². The highest BCUT2D eigenvalue weighted by molar-refractivity contribution is 5.81. The van der Waals surface area contributed by atoms with E-state index in [9.17, 15) is 0 Å². The quantitative estimate of drug-likeness (QED) is 0.549. The van der Waals surface area contributed by atoms with Gasteiger partial charge in [-0.25, -0.2) is 0 Å². The first kappa shape index (κ1) is 6.65. The SMILES string of the molecule is CC1C=CC2=C(C=N1)NCC2. The molecule has 1 unspecified atom stereocenters. The van der Waals surface area contributed by atoms with Gasteiger partial charge in [0, 0.05) is 12.8 Å². The fourth-order valence-electron chi connectivity index (χ4n) is 1.38. The van der Waals surface area contributed by atoms with Crippen molar-refractivity contribution in [2.24, 2.45) is 4.99 Å². The van der Waals surface area contributed by atoms with Crippen LogP contribution in [0.15, 0.2) is 28.4 Å². The monoisotopic (exact) mass is 148 g/mol. The van der Waals surface area contributed by atoms with Crippen molar-refractivity contribution in [2.75, 3.05) is 6.54 Å². The van der Waals surface area contributed by atoms with Crippen LogP contribution in [0.25, 0.3) is 0 Å². The molecule has 2 aliphatic heterocycles. The van der Waals surface area contributed by atoms with Crippen LogP contribution < -0.4 is 5.32 Å². The Morgan fingerprint density at radius 3 is 3.45 bits per heavy atom. The van der Waals surface area contributed by atoms with Gasteiger partial charge in [0.05, 0.1) is 11.7 Å². The fraction of sp³-hybridized carbons (Fsp3) is 0.444. The summed E-state index contributed by atoms with van der Waals surface area (Å²) in [6, 6.07) is 0.336. The molecule has 2 rings (SSSR count). The highest BCUT2D eigenvalue weighted by atomic mass is 14.9. The molecule has 0 fully saturated rings. The van der Waals surface area contributed by atoms with Crippen molar-refractivity contribution < 1.29 is 0 Å². The highest BCUT2D eigenvalue weighted by Crippen LogP contribution is 2.16. The van der Waals surface area contributed by atoms with Gasteiger partial charge in [0.1, 0.15) is 0 Å². The molecule has 0 aromatic carbocycles. The maximum Gasteiger partial charge on any atom is 0.0655 e. The molecule has 0 saturated carbocycles. The van der Waals surface area contributed by atoms with Crippen molar-refractivity contribution in [3.05, 3.63) is 23.4 Å². The highest BCUT2D eigenvalue weighted by Gasteiger charge is 2.11. The van der Waals surface area contributed by atoms with Gasteiger partial charge >= 0.3 is 0 Å². The van der Waals surface area contributed by atoms with E-state index in [1.807, 2.05) is 6.21 Å². The Kier molecular flexibility index (Phi) is 1.53. The lowest BCUT2D eigenvalue weighted by Crippen LogP contribution is -2.08. The minimum absolute atomic E-state index is 0.336. The molecule has 0 aromatic rings. The lowest BCUT2D eigenvalue weighted by molar-refractivity contribution is 0.883. The van der Waals surface area contributed by atoms with Crippen LogP contribution in [-0.2, 0) is 0 Å². The van der Waals surface area contributed by atoms with Gasteiger partial charge in [-0.05, 0) is 18.9 Å². The van der Waals surface area contributed by atoms with Gasteiger partial charge in [0.15, 0.2) is 0 Å². The van der Waals surface area contributed by atoms with E-state index in [0.29, 0.717) is 6.04 Å². The molecular formula is C9H12N2. The summed E-state index contributed by atoms with van der Waals surface area (Å²) in [5.74, 6) is 0. The Balaban J connectivity index is 2.30. The normalized spacial score (nSPS) is 28.3. The number of aliphatic imine (C=N–C) groups is 1. The first-order valence-electron chi connectivity index (χ1n) is 4.04. The molecule has 2 heteroatoms. The summed E-state index contributed by atoms with van der Waals surface area (Å²) in [6.45, 7) is 3.16. The second-order valence-corrected chi connectivity index (χ2v) is 2.99. The Morgan fingerprint density at radius 1 is 1.64 bits per heavy atom. The molecule has 0 aliphatic carbocycles. The predicted octanol–water partition coefficient (Wildman–Crippen LogP) is 1.26. The zero-order chi connectivity index (χ0) is 7.68. The Hall–Kier alpha value is -1.05. The maximum absolute atomic E-state index is 4.33. The average molecular weight is 148 g/mol. The van der Waals surface area contributed by atoms with E-state index in [-0.39, 0.29) is 0 Å². The molecule has 1 N–H and O–H groups in total. The van der Waals surface area contributed by atoms with Crippen molar-refractivity contribution in [3.63, 3.8) is 0 Å². The van der Waals surface area contributed by atoms with Gasteiger partial charge in [0.25, 0.3) is 0 Å². The van der Waals surface area contributed by atoms with Crippen LogP contribution in [0.2, 0.25) is 0 Å². The van der Waals surface area contributed by atoms with Crippen LogP contribution in [0.5, 0.6) is 0 Å². The van der Waals surface area contributed by atoms with Crippen LogP contribution in [0.3, 0.4) is 0 Å². The molecule has 0 amide bonds. The van der Waals surface area contributed by atoms with Crippen molar-refractivity contribution in [1.29, 1.82) is 0 Å². The number of rotatable bonds is 0. The standard InChI is InChI=1S/C9H12N2/c1-7-2-3-8-4-5-10-9(8)6-11-7/h2-3,6-7,10H,4-5H2,1H3. The number of hydrogen-bond acceptors (Lipinski definition) is 2. The van der Waals surface area contributed by atoms with E-state index in [2.05, 4.69) is 29.4 Å². The van der Waals surface area contributed by atoms with E-state index in [0.717, 1.165) is 13.0 Å². The van der Waals surface area contributed by atoms with Crippen LogP contribution in [0.1, 0.15) is 13.3 Å². The van der Waals surface area contributed by atoms with Gasteiger partial charge in [0.2, 0.25) is 0 Å². The van der Waals surface area contributed by atoms with E-state index in [1.54, 1.807) is 0 Å². The minimum atomic E-state index is 0.336. The first-order chi connectivity index (χ1) is 5.36. The summed E-state index contributed by atoms with van der Waals surface area (Å²) < 4.78 is 0. The van der Waals surface area contributed by atoms with Gasteiger partial charge in [-0.3, -0.25) is 4.99 Å². The molecule has 1 atom stereocenters. The predicted molar refractivity (Wildman–Crippen MR) is 46.7 cm³/mol. The van der Waals surface area contributed by atoms with Crippen LogP contribution in [-0.4, -0.2) is 18.8 Å². The lowest BCUT2D eigenvalue weighted by Gasteiger charge is -1.96. The molecule has 0 aromatic heterocycles. The molecular weight excluding hydrogens is 136 g/mol. The summed E-state index contributed by atoms with van der Waals surface area (Å²) in [5, 5.41) is 3.30. The maximum atomic E-state index is 4.33. The molecule has 2 nitrogen and oxygen atoms in total. The molecule has 2 aliphatic rings. The third kappa shape index (κ3) is 1.20. The molecule has 0 radical (unpaired) electrons. The fourth-order valence-corrected chi connectivity index (χ4v) is 1.38. The number of nitrogens with zero attached hydrogens (tertiary/aromatic N) is 1. The number of nitrogens with one attached hydrogen (secondary N) is 1. The van der Waals surface area contributed by atoms with Crippen molar-refractivity contribution in [3.8, 4) is 0 Å². The van der Waals surface area contributed by atoms with Gasteiger partial charge < -0.3 is 5.32 Å². The van der Waals surface area contributed by atoms with Gasteiger partial charge in [-0.1, -0.05) is 12.2 Å². The zero-order valence-corrected chi connectivity index (χ0v) is 6.67. The van der Waals surface area contributed by atoms with E-state index in [4.69, 9.17) is 0 Å². The van der Waals surface area contributed by atoms with Crippen molar-refractivity contribution >= 4 is 6.21 Å². The van der Waals surface area contributed by atoms with Gasteiger partial charge in [-0.15, -0.1) is 0 Å². The van der Waals surface area contributed by atoms with Crippen LogP contribution >= 0.6 is 0 Å². The smallest absolute Gasteiger partial charge is 0.0655 e. The summed E-state index contributed by atoms with van der Waals surface area (Å²) in [7, 11) is 0. The largest absolute Gasteiger partial charge is 0.383 e. The summed E-state index contributed by atoms with van der Waals surface area (Å²) in [5.41, 5.74) is 2.61. The van der Waals surface area contributed by atoms with E-state index >= 15 is 0 Å². The third-order valence-electron chi connectivity index (χ3n) is 2.07. The van der Waals surface area contributed by atoms with Crippen molar-refractivity contribution in [1.82, 2.24) is 5.32 Å². The van der Waals surface area contributed by atoms with E-state index < -0.39 is 0 Å². The second-order valence-electron chi connectivity index (χ2n) is 2.99. The first-order valence-corrected chi connectivity index (χ1v) is 4.04. The Morgan fingerprint density at radius 2 is 2.55 bits per heavy atom. The van der Waals surface area contributed by atoms with Crippen LogP contribution in [0.4, 0.5) is 0 Å². The molecule has 58 valence electrons. The third-order valence-corrected chi connectivity index (χ3v) is 2.07.